The Morgan fingerprint density at radius 1 is 1.08 bits per heavy atom. The van der Waals surface area contributed by atoms with Gasteiger partial charge in [-0.3, -0.25) is 0 Å². The standard InChI is InChI=1S/C10H14.CH4O/c1-8(2)10-7-5-4-6-9(10)3;1-2/h4-8H,1-3H3;2H,1H3. The molecule has 1 nitrogen and oxygen atoms in total. The van der Waals surface area contributed by atoms with E-state index in [0.29, 0.717) is 5.92 Å². The van der Waals surface area contributed by atoms with Gasteiger partial charge in [-0.25, -0.2) is 0 Å². The Morgan fingerprint density at radius 2 is 1.58 bits per heavy atom. The number of aryl methyl sites for hydroxylation is 1. The Balaban J connectivity index is 0.000000561. The molecule has 0 amide bonds. The summed E-state index contributed by atoms with van der Waals surface area (Å²) < 4.78 is 0. The Labute approximate surface area is 75.1 Å². The van der Waals surface area contributed by atoms with E-state index in [-0.39, 0.29) is 0 Å². The molecule has 0 fully saturated rings. The Kier molecular flexibility index (Phi) is 5.39. The van der Waals surface area contributed by atoms with Crippen molar-refractivity contribution >= 4 is 0 Å². The number of hydrogen-bond acceptors (Lipinski definition) is 1. The fourth-order valence-corrected chi connectivity index (χ4v) is 1.23. The third kappa shape index (κ3) is 3.05. The van der Waals surface area contributed by atoms with E-state index in [4.69, 9.17) is 5.11 Å². The molecule has 1 rings (SSSR count). The predicted octanol–water partition coefficient (Wildman–Crippen LogP) is 2.73. The molecule has 0 saturated carbocycles. The Bertz CT molecular complexity index is 216. The quantitative estimate of drug-likeness (QED) is 0.680. The van der Waals surface area contributed by atoms with E-state index in [1.165, 1.54) is 11.1 Å². The van der Waals surface area contributed by atoms with Crippen molar-refractivity contribution in [1.82, 2.24) is 0 Å². The molecular formula is C11H18O. The number of hydrogen-bond donors (Lipinski definition) is 1. The van der Waals surface area contributed by atoms with Crippen LogP contribution < -0.4 is 0 Å². The molecule has 1 heteroatoms. The average Bonchev–Trinajstić information content (AvgIpc) is 2.08. The summed E-state index contributed by atoms with van der Waals surface area (Å²) in [6.07, 6.45) is 0. The van der Waals surface area contributed by atoms with E-state index in [1.54, 1.807) is 0 Å². The van der Waals surface area contributed by atoms with Gasteiger partial charge in [0.05, 0.1) is 0 Å². The number of benzene rings is 1. The second-order valence-corrected chi connectivity index (χ2v) is 3.01. The molecule has 0 bridgehead atoms. The molecule has 1 aromatic rings. The number of aliphatic hydroxyl groups excluding tert-OH is 1. The first kappa shape index (κ1) is 11.2. The van der Waals surface area contributed by atoms with Crippen LogP contribution in [0, 0.1) is 6.92 Å². The number of aliphatic hydroxyl groups is 1. The highest BCUT2D eigenvalue weighted by Gasteiger charge is 1.99. The predicted molar refractivity (Wildman–Crippen MR) is 53.4 cm³/mol. The van der Waals surface area contributed by atoms with Crippen molar-refractivity contribution in [3.05, 3.63) is 35.4 Å². The minimum Gasteiger partial charge on any atom is -0.400 e. The topological polar surface area (TPSA) is 20.2 Å². The molecule has 1 aromatic carbocycles. The van der Waals surface area contributed by atoms with Gasteiger partial charge in [-0.1, -0.05) is 38.1 Å². The summed E-state index contributed by atoms with van der Waals surface area (Å²) in [6, 6.07) is 8.54. The van der Waals surface area contributed by atoms with Gasteiger partial charge >= 0.3 is 0 Å². The zero-order valence-electron chi connectivity index (χ0n) is 8.33. The van der Waals surface area contributed by atoms with E-state index in [9.17, 15) is 0 Å². The van der Waals surface area contributed by atoms with E-state index in [2.05, 4.69) is 45.0 Å². The van der Waals surface area contributed by atoms with Gasteiger partial charge in [0.1, 0.15) is 0 Å². The maximum Gasteiger partial charge on any atom is 0.0319 e. The molecule has 0 radical (unpaired) electrons. The second kappa shape index (κ2) is 5.78. The van der Waals surface area contributed by atoms with Crippen LogP contribution >= 0.6 is 0 Å². The van der Waals surface area contributed by atoms with Crippen LogP contribution in [-0.2, 0) is 0 Å². The van der Waals surface area contributed by atoms with Crippen LogP contribution in [0.1, 0.15) is 30.9 Å². The summed E-state index contributed by atoms with van der Waals surface area (Å²) in [5.41, 5.74) is 2.86. The molecule has 0 unspecified atom stereocenters. The largest absolute Gasteiger partial charge is 0.400 e. The van der Waals surface area contributed by atoms with Gasteiger partial charge in [0.2, 0.25) is 0 Å². The number of rotatable bonds is 1. The minimum atomic E-state index is 0.654. The maximum absolute atomic E-state index is 7.00. The molecule has 0 heterocycles. The molecular weight excluding hydrogens is 148 g/mol. The molecule has 68 valence electrons. The molecule has 0 aliphatic heterocycles. The lowest BCUT2D eigenvalue weighted by molar-refractivity contribution is 0.399. The SMILES string of the molecule is CO.Cc1ccccc1C(C)C. The van der Waals surface area contributed by atoms with E-state index in [0.717, 1.165) is 7.11 Å². The molecule has 0 aliphatic carbocycles. The Morgan fingerprint density at radius 3 is 1.92 bits per heavy atom. The van der Waals surface area contributed by atoms with Crippen LogP contribution in [0.25, 0.3) is 0 Å². The molecule has 0 aliphatic rings. The second-order valence-electron chi connectivity index (χ2n) is 3.01. The summed E-state index contributed by atoms with van der Waals surface area (Å²) in [7, 11) is 1.00. The lowest BCUT2D eigenvalue weighted by Gasteiger charge is -2.07. The van der Waals surface area contributed by atoms with Crippen molar-refractivity contribution in [3.63, 3.8) is 0 Å². The van der Waals surface area contributed by atoms with E-state index >= 15 is 0 Å². The third-order valence-corrected chi connectivity index (χ3v) is 1.81. The van der Waals surface area contributed by atoms with Gasteiger partial charge in [0.15, 0.2) is 0 Å². The molecule has 12 heavy (non-hydrogen) atoms. The highest BCUT2D eigenvalue weighted by molar-refractivity contribution is 5.27. The van der Waals surface area contributed by atoms with E-state index in [1.807, 2.05) is 0 Å². The maximum atomic E-state index is 7.00. The highest BCUT2D eigenvalue weighted by atomic mass is 16.2. The van der Waals surface area contributed by atoms with Crippen LogP contribution in [0.15, 0.2) is 24.3 Å². The zero-order chi connectivity index (χ0) is 9.56. The van der Waals surface area contributed by atoms with Gasteiger partial charge in [0, 0.05) is 7.11 Å². The van der Waals surface area contributed by atoms with Crippen molar-refractivity contribution in [2.45, 2.75) is 26.7 Å². The molecule has 1 N–H and O–H groups in total. The van der Waals surface area contributed by atoms with Crippen molar-refractivity contribution < 1.29 is 5.11 Å². The lowest BCUT2D eigenvalue weighted by Crippen LogP contribution is -1.89. The summed E-state index contributed by atoms with van der Waals surface area (Å²) in [4.78, 5) is 0. The summed E-state index contributed by atoms with van der Waals surface area (Å²) in [5.74, 6) is 0.654. The van der Waals surface area contributed by atoms with Crippen molar-refractivity contribution in [2.24, 2.45) is 0 Å². The highest BCUT2D eigenvalue weighted by Crippen LogP contribution is 2.17. The normalized spacial score (nSPS) is 9.17. The van der Waals surface area contributed by atoms with Crippen LogP contribution in [0.2, 0.25) is 0 Å². The third-order valence-electron chi connectivity index (χ3n) is 1.81. The Hall–Kier alpha value is -0.820. The molecule has 0 atom stereocenters. The average molecular weight is 166 g/mol. The first-order valence-corrected chi connectivity index (χ1v) is 4.22. The fraction of sp³-hybridized carbons (Fsp3) is 0.455. The van der Waals surface area contributed by atoms with Gasteiger partial charge < -0.3 is 5.11 Å². The molecule has 0 aromatic heterocycles. The van der Waals surface area contributed by atoms with Crippen molar-refractivity contribution in [1.29, 1.82) is 0 Å². The van der Waals surface area contributed by atoms with Gasteiger partial charge in [-0.2, -0.15) is 0 Å². The molecule has 0 spiro atoms. The summed E-state index contributed by atoms with van der Waals surface area (Å²) in [6.45, 7) is 6.61. The monoisotopic (exact) mass is 166 g/mol. The van der Waals surface area contributed by atoms with Gasteiger partial charge in [-0.05, 0) is 24.0 Å². The van der Waals surface area contributed by atoms with Crippen LogP contribution in [-0.4, -0.2) is 12.2 Å². The smallest absolute Gasteiger partial charge is 0.0319 e. The first-order valence-electron chi connectivity index (χ1n) is 4.22. The van der Waals surface area contributed by atoms with Crippen LogP contribution in [0.3, 0.4) is 0 Å². The summed E-state index contributed by atoms with van der Waals surface area (Å²) in [5, 5.41) is 7.00. The van der Waals surface area contributed by atoms with Gasteiger partial charge in [-0.15, -0.1) is 0 Å². The fourth-order valence-electron chi connectivity index (χ4n) is 1.23. The van der Waals surface area contributed by atoms with E-state index < -0.39 is 0 Å². The van der Waals surface area contributed by atoms with Crippen LogP contribution in [0.4, 0.5) is 0 Å². The van der Waals surface area contributed by atoms with Crippen molar-refractivity contribution in [2.75, 3.05) is 7.11 Å². The molecule has 0 saturated heterocycles. The lowest BCUT2D eigenvalue weighted by atomic mass is 9.99. The van der Waals surface area contributed by atoms with Crippen molar-refractivity contribution in [3.8, 4) is 0 Å². The first-order chi connectivity index (χ1) is 5.72. The van der Waals surface area contributed by atoms with Crippen LogP contribution in [0.5, 0.6) is 0 Å². The summed E-state index contributed by atoms with van der Waals surface area (Å²) >= 11 is 0. The zero-order valence-corrected chi connectivity index (χ0v) is 8.33. The van der Waals surface area contributed by atoms with Gasteiger partial charge in [0.25, 0.3) is 0 Å². The minimum absolute atomic E-state index is 0.654.